The number of hydrogen-bond donors (Lipinski definition) is 4. The molecule has 1 aliphatic rings. The summed E-state index contributed by atoms with van der Waals surface area (Å²) in [6, 6.07) is 8.63. The zero-order valence-corrected chi connectivity index (χ0v) is 15.3. The van der Waals surface area contributed by atoms with Gasteiger partial charge < -0.3 is 30.1 Å². The summed E-state index contributed by atoms with van der Waals surface area (Å²) in [5.41, 5.74) is 0.871. The molecule has 11 heteroatoms. The number of ether oxygens (including phenoxy) is 2. The highest BCUT2D eigenvalue weighted by atomic mass is 16.6. The van der Waals surface area contributed by atoms with E-state index < -0.39 is 31.1 Å². The molecule has 3 heterocycles. The molecule has 1 fully saturated rings. The van der Waals surface area contributed by atoms with Crippen molar-refractivity contribution >= 4 is 22.9 Å². The van der Waals surface area contributed by atoms with Crippen molar-refractivity contribution in [1.29, 1.82) is 0 Å². The number of nitrogens with zero attached hydrogens (tertiary/aromatic N) is 4. The summed E-state index contributed by atoms with van der Waals surface area (Å²) in [5.74, 6) is -0.236. The Labute approximate surface area is 164 Å². The molecule has 0 unspecified atom stereocenters. The van der Waals surface area contributed by atoms with Gasteiger partial charge in [0.1, 0.15) is 24.6 Å². The normalized spacial score (nSPS) is 24.0. The lowest BCUT2D eigenvalue weighted by Gasteiger charge is -2.18. The van der Waals surface area contributed by atoms with Crippen LogP contribution >= 0.6 is 0 Å². The Morgan fingerprint density at radius 2 is 2.00 bits per heavy atom. The fraction of sp³-hybridized carbons (Fsp3) is 0.333. The van der Waals surface area contributed by atoms with Gasteiger partial charge in [-0.15, -0.1) is 0 Å². The van der Waals surface area contributed by atoms with Crippen molar-refractivity contribution in [1.82, 2.24) is 19.5 Å². The van der Waals surface area contributed by atoms with Gasteiger partial charge in [-0.2, -0.15) is 4.98 Å². The van der Waals surface area contributed by atoms with Gasteiger partial charge in [0.05, 0.1) is 13.7 Å². The third kappa shape index (κ3) is 3.29. The van der Waals surface area contributed by atoms with Crippen molar-refractivity contribution < 1.29 is 29.6 Å². The Morgan fingerprint density at radius 1 is 1.24 bits per heavy atom. The first-order chi connectivity index (χ1) is 14.0. The first-order valence-electron chi connectivity index (χ1n) is 8.81. The highest BCUT2D eigenvalue weighted by Gasteiger charge is 2.45. The number of aromatic nitrogens is 4. The first-order valence-corrected chi connectivity index (χ1v) is 8.81. The van der Waals surface area contributed by atoms with Gasteiger partial charge in [-0.05, 0) is 12.1 Å². The average Bonchev–Trinajstić information content (AvgIpc) is 3.26. The van der Waals surface area contributed by atoms with Gasteiger partial charge in [0.15, 0.2) is 23.2 Å². The molecule has 0 spiro atoms. The molecule has 0 radical (unpaired) electrons. The number of aliphatic hydroxyl groups excluding tert-OH is 3. The molecule has 1 aliphatic heterocycles. The highest BCUT2D eigenvalue weighted by molar-refractivity contribution is 6.06. The number of carbonyl (C=O) groups is 1. The fourth-order valence-electron chi connectivity index (χ4n) is 3.22. The number of anilines is 1. The number of imidazole rings is 1. The van der Waals surface area contributed by atoms with Gasteiger partial charge in [-0.3, -0.25) is 4.79 Å². The fourth-order valence-corrected chi connectivity index (χ4v) is 3.22. The standard InChI is InChI=1S/C18H19N5O6/c1-28-18-21-11-14(22-16(27)9-5-3-2-4-6-9)19-8-20-15(11)23(18)17-13(26)12(25)10(7-24)29-17/h2-6,8,10,12-13,17,24-26H,7H2,1H3,(H,19,20,22,27)/t10-,12-,13-,17-/m1/s1. The lowest BCUT2D eigenvalue weighted by atomic mass is 10.1. The van der Waals surface area contributed by atoms with Crippen LogP contribution in [0.2, 0.25) is 0 Å². The van der Waals surface area contributed by atoms with Crippen LogP contribution in [-0.4, -0.2) is 72.8 Å². The van der Waals surface area contributed by atoms with Crippen LogP contribution in [0.3, 0.4) is 0 Å². The first kappa shape index (κ1) is 19.2. The van der Waals surface area contributed by atoms with E-state index in [0.717, 1.165) is 0 Å². The molecule has 4 N–H and O–H groups in total. The summed E-state index contributed by atoms with van der Waals surface area (Å²) in [6.07, 6.45) is -3.50. The lowest BCUT2D eigenvalue weighted by Crippen LogP contribution is -2.33. The van der Waals surface area contributed by atoms with E-state index in [1.165, 1.54) is 18.0 Å². The van der Waals surface area contributed by atoms with Crippen molar-refractivity contribution in [2.24, 2.45) is 0 Å². The van der Waals surface area contributed by atoms with E-state index in [2.05, 4.69) is 20.3 Å². The molecule has 2 aromatic heterocycles. The lowest BCUT2D eigenvalue weighted by molar-refractivity contribution is -0.0537. The molecule has 11 nitrogen and oxygen atoms in total. The quantitative estimate of drug-likeness (QED) is 0.451. The number of rotatable bonds is 5. The summed E-state index contributed by atoms with van der Waals surface area (Å²) < 4.78 is 12.2. The molecule has 1 aromatic carbocycles. The molecule has 29 heavy (non-hydrogen) atoms. The topological polar surface area (TPSA) is 152 Å². The third-order valence-corrected chi connectivity index (χ3v) is 4.67. The predicted molar refractivity (Wildman–Crippen MR) is 99.3 cm³/mol. The number of carbonyl (C=O) groups excluding carboxylic acids is 1. The summed E-state index contributed by atoms with van der Waals surface area (Å²) in [5, 5.41) is 32.5. The van der Waals surface area contributed by atoms with Gasteiger partial charge in [0.2, 0.25) is 0 Å². The Bertz CT molecular complexity index is 1030. The van der Waals surface area contributed by atoms with E-state index in [0.29, 0.717) is 5.56 Å². The van der Waals surface area contributed by atoms with Gasteiger partial charge in [-0.25, -0.2) is 14.5 Å². The smallest absolute Gasteiger partial charge is 0.300 e. The maximum absolute atomic E-state index is 12.5. The second-order valence-electron chi connectivity index (χ2n) is 6.41. The van der Waals surface area contributed by atoms with Crippen LogP contribution in [0.5, 0.6) is 6.01 Å². The third-order valence-electron chi connectivity index (χ3n) is 4.67. The van der Waals surface area contributed by atoms with E-state index in [1.54, 1.807) is 30.3 Å². The molecule has 0 aliphatic carbocycles. The van der Waals surface area contributed by atoms with Crippen molar-refractivity contribution in [2.45, 2.75) is 24.5 Å². The molecule has 4 atom stereocenters. The summed E-state index contributed by atoms with van der Waals surface area (Å²) >= 11 is 0. The van der Waals surface area contributed by atoms with E-state index in [4.69, 9.17) is 9.47 Å². The number of fused-ring (bicyclic) bond motifs is 1. The molecule has 0 saturated carbocycles. The molecule has 0 bridgehead atoms. The number of amides is 1. The average molecular weight is 401 g/mol. The van der Waals surface area contributed by atoms with Crippen LogP contribution in [0.1, 0.15) is 16.6 Å². The van der Waals surface area contributed by atoms with Crippen LogP contribution in [0.15, 0.2) is 36.7 Å². The zero-order chi connectivity index (χ0) is 20.5. The number of benzene rings is 1. The molecular weight excluding hydrogens is 382 g/mol. The van der Waals surface area contributed by atoms with Gasteiger partial charge in [0, 0.05) is 5.56 Å². The number of methoxy groups -OCH3 is 1. The Balaban J connectivity index is 1.74. The van der Waals surface area contributed by atoms with Gasteiger partial charge in [-0.1, -0.05) is 18.2 Å². The Morgan fingerprint density at radius 3 is 2.66 bits per heavy atom. The number of nitrogens with one attached hydrogen (secondary N) is 1. The van der Waals surface area contributed by atoms with Gasteiger partial charge >= 0.3 is 6.01 Å². The predicted octanol–water partition coefficient (Wildman–Crippen LogP) is -0.301. The molecule has 3 aromatic rings. The number of aliphatic hydroxyl groups is 3. The largest absolute Gasteiger partial charge is 0.468 e. The molecule has 4 rings (SSSR count). The van der Waals surface area contributed by atoms with Crippen LogP contribution in [0, 0.1) is 0 Å². The molecule has 1 saturated heterocycles. The van der Waals surface area contributed by atoms with E-state index in [9.17, 15) is 20.1 Å². The minimum absolute atomic E-state index is 0.0329. The van der Waals surface area contributed by atoms with E-state index >= 15 is 0 Å². The summed E-state index contributed by atoms with van der Waals surface area (Å²) in [4.78, 5) is 25.0. The molecule has 152 valence electrons. The monoisotopic (exact) mass is 401 g/mol. The Kier molecular flexibility index (Phi) is 5.11. The van der Waals surface area contributed by atoms with Crippen LogP contribution < -0.4 is 10.1 Å². The molecule has 1 amide bonds. The van der Waals surface area contributed by atoms with Crippen LogP contribution in [0.25, 0.3) is 11.2 Å². The van der Waals surface area contributed by atoms with Crippen molar-refractivity contribution in [3.05, 3.63) is 42.2 Å². The number of hydrogen-bond acceptors (Lipinski definition) is 9. The minimum Gasteiger partial charge on any atom is -0.468 e. The van der Waals surface area contributed by atoms with Crippen molar-refractivity contribution in [3.8, 4) is 6.01 Å². The summed E-state index contributed by atoms with van der Waals surface area (Å²) in [7, 11) is 1.37. The highest BCUT2D eigenvalue weighted by Crippen LogP contribution is 2.36. The SMILES string of the molecule is COc1nc2c(NC(=O)c3ccccc3)ncnc2n1[C@@H]1O[C@H](CO)[C@@H](O)[C@H]1O. The van der Waals surface area contributed by atoms with Crippen LogP contribution in [-0.2, 0) is 4.74 Å². The molecular formula is C18H19N5O6. The summed E-state index contributed by atoms with van der Waals surface area (Å²) in [6.45, 7) is -0.475. The maximum atomic E-state index is 12.5. The van der Waals surface area contributed by atoms with Crippen LogP contribution in [0.4, 0.5) is 5.82 Å². The van der Waals surface area contributed by atoms with E-state index in [1.807, 2.05) is 0 Å². The van der Waals surface area contributed by atoms with Crippen molar-refractivity contribution in [3.63, 3.8) is 0 Å². The second kappa shape index (κ2) is 7.72. The van der Waals surface area contributed by atoms with E-state index in [-0.39, 0.29) is 28.9 Å². The zero-order valence-electron chi connectivity index (χ0n) is 15.3. The van der Waals surface area contributed by atoms with Crippen molar-refractivity contribution in [2.75, 3.05) is 19.0 Å². The maximum Gasteiger partial charge on any atom is 0.300 e. The van der Waals surface area contributed by atoms with Gasteiger partial charge in [0.25, 0.3) is 5.91 Å². The minimum atomic E-state index is -1.35. The Hall–Kier alpha value is -3.12. The second-order valence-corrected chi connectivity index (χ2v) is 6.41.